The molecule has 0 aliphatic rings. The second-order valence-electron chi connectivity index (χ2n) is 8.57. The number of allylic oxidation sites excluding steroid dienone is 2. The number of aryl methyl sites for hydroxylation is 2. The van der Waals surface area contributed by atoms with E-state index < -0.39 is 0 Å². The molecule has 1 radical (unpaired) electrons. The first-order chi connectivity index (χ1) is 15.2. The predicted octanol–water partition coefficient (Wildman–Crippen LogP) is 6.95. The van der Waals surface area contributed by atoms with Gasteiger partial charge in [-0.3, -0.25) is 14.8 Å². The SMILES string of the molecule is CCC(CC)C(=O)C=C(O)C(CC)CC.Cc1[c-]c(-c2ncnc(C(C)C)n2)cc(C)c1.[Ir]. The number of aromatic nitrogens is 3. The van der Waals surface area contributed by atoms with Gasteiger partial charge >= 0.3 is 0 Å². The smallest absolute Gasteiger partial charge is 0.162 e. The Bertz CT molecular complexity index is 868. The maximum atomic E-state index is 11.7. The number of carbonyl (C=O) groups is 1. The summed E-state index contributed by atoms with van der Waals surface area (Å²) in [7, 11) is 0. The van der Waals surface area contributed by atoms with Gasteiger partial charge in [0, 0.05) is 43.9 Å². The summed E-state index contributed by atoms with van der Waals surface area (Å²) in [6, 6.07) is 7.42. The van der Waals surface area contributed by atoms with E-state index in [-0.39, 0.29) is 43.5 Å². The Balaban J connectivity index is 0.000000609. The van der Waals surface area contributed by atoms with Crippen molar-refractivity contribution in [3.8, 4) is 11.4 Å². The van der Waals surface area contributed by atoms with Crippen molar-refractivity contribution >= 4 is 5.78 Å². The predicted molar refractivity (Wildman–Crippen MR) is 132 cm³/mol. The molecule has 0 saturated heterocycles. The van der Waals surface area contributed by atoms with Gasteiger partial charge in [0.25, 0.3) is 0 Å². The molecule has 0 amide bonds. The molecule has 185 valence electrons. The van der Waals surface area contributed by atoms with Crippen LogP contribution in [0.4, 0.5) is 0 Å². The van der Waals surface area contributed by atoms with E-state index >= 15 is 0 Å². The van der Waals surface area contributed by atoms with Gasteiger partial charge in [0.05, 0.1) is 11.6 Å². The van der Waals surface area contributed by atoms with Gasteiger partial charge in [-0.05, 0) is 25.7 Å². The first-order valence-corrected chi connectivity index (χ1v) is 11.8. The fraction of sp³-hybridized carbons (Fsp3) is 0.556. The van der Waals surface area contributed by atoms with Gasteiger partial charge in [-0.1, -0.05) is 55.4 Å². The average Bonchev–Trinajstić information content (AvgIpc) is 2.75. The molecule has 0 atom stereocenters. The number of hydrogen-bond acceptors (Lipinski definition) is 5. The van der Waals surface area contributed by atoms with Gasteiger partial charge in [-0.15, -0.1) is 34.9 Å². The van der Waals surface area contributed by atoms with Crippen LogP contribution in [0.25, 0.3) is 11.4 Å². The minimum absolute atomic E-state index is 0. The van der Waals surface area contributed by atoms with Crippen molar-refractivity contribution in [1.82, 2.24) is 15.0 Å². The molecule has 1 heterocycles. The molecular formula is C27H40IrN3O2-. The van der Waals surface area contributed by atoms with E-state index in [9.17, 15) is 9.90 Å². The van der Waals surface area contributed by atoms with Crippen LogP contribution in [-0.2, 0) is 24.9 Å². The third-order valence-electron chi connectivity index (χ3n) is 5.58. The minimum atomic E-state index is 0. The molecule has 0 unspecified atom stereocenters. The van der Waals surface area contributed by atoms with Crippen molar-refractivity contribution in [2.45, 2.75) is 87.0 Å². The normalized spacial score (nSPS) is 11.3. The molecule has 0 saturated carbocycles. The monoisotopic (exact) mass is 631 g/mol. The molecule has 33 heavy (non-hydrogen) atoms. The Kier molecular flexibility index (Phi) is 14.9. The molecule has 0 spiro atoms. The van der Waals surface area contributed by atoms with E-state index in [1.807, 2.05) is 40.7 Å². The Morgan fingerprint density at radius 2 is 1.58 bits per heavy atom. The van der Waals surface area contributed by atoms with Crippen molar-refractivity contribution in [3.63, 3.8) is 0 Å². The van der Waals surface area contributed by atoms with E-state index in [4.69, 9.17) is 0 Å². The molecule has 2 aromatic rings. The third-order valence-corrected chi connectivity index (χ3v) is 5.58. The first-order valence-electron chi connectivity index (χ1n) is 11.8. The number of hydrogen-bond donors (Lipinski definition) is 1. The van der Waals surface area contributed by atoms with Gasteiger partial charge < -0.3 is 5.11 Å². The number of aliphatic hydroxyl groups is 1. The van der Waals surface area contributed by atoms with Gasteiger partial charge in [0.2, 0.25) is 0 Å². The molecule has 0 aliphatic carbocycles. The summed E-state index contributed by atoms with van der Waals surface area (Å²) in [6.07, 6.45) is 6.48. The molecule has 5 nitrogen and oxygen atoms in total. The number of ketones is 1. The Hall–Kier alpha value is -1.91. The van der Waals surface area contributed by atoms with Gasteiger partial charge in [-0.25, -0.2) is 4.98 Å². The standard InChI is InChI=1S/C14H16N3.C13H24O2.Ir/c1-9(2)13-15-8-16-14(17-13)12-6-10(3)5-11(4)7-12;1-5-10(6-2)12(14)9-13(15)11(7-3)8-4;/h5-6,8-9H,1-4H3;9-11,14H,5-8H2,1-4H3;/q-1;;. The Morgan fingerprint density at radius 3 is 2.06 bits per heavy atom. The second kappa shape index (κ2) is 15.8. The molecule has 0 fully saturated rings. The van der Waals surface area contributed by atoms with Crippen LogP contribution in [0.1, 0.15) is 90.1 Å². The van der Waals surface area contributed by atoms with Crippen LogP contribution >= 0.6 is 0 Å². The van der Waals surface area contributed by atoms with Crippen LogP contribution in [0.2, 0.25) is 0 Å². The number of rotatable bonds is 9. The molecule has 6 heteroatoms. The quantitative estimate of drug-likeness (QED) is 0.185. The molecule has 0 aliphatic heterocycles. The van der Waals surface area contributed by atoms with E-state index in [1.54, 1.807) is 6.33 Å². The number of aliphatic hydroxyl groups excluding tert-OH is 1. The van der Waals surface area contributed by atoms with Crippen LogP contribution in [-0.4, -0.2) is 25.8 Å². The zero-order valence-electron chi connectivity index (χ0n) is 21.4. The van der Waals surface area contributed by atoms with E-state index in [0.29, 0.717) is 11.7 Å². The Morgan fingerprint density at radius 1 is 1.00 bits per heavy atom. The van der Waals surface area contributed by atoms with E-state index in [0.717, 1.165) is 42.6 Å². The van der Waals surface area contributed by atoms with Crippen LogP contribution in [0, 0.1) is 31.7 Å². The van der Waals surface area contributed by atoms with Crippen molar-refractivity contribution in [1.29, 1.82) is 0 Å². The zero-order valence-corrected chi connectivity index (χ0v) is 23.8. The zero-order chi connectivity index (χ0) is 24.3. The van der Waals surface area contributed by atoms with Gasteiger partial charge in [0.15, 0.2) is 5.78 Å². The number of carbonyl (C=O) groups excluding carboxylic acids is 1. The summed E-state index contributed by atoms with van der Waals surface area (Å²) in [5, 5.41) is 9.76. The Labute approximate surface area is 213 Å². The summed E-state index contributed by atoms with van der Waals surface area (Å²) >= 11 is 0. The third kappa shape index (κ3) is 10.3. The van der Waals surface area contributed by atoms with Crippen LogP contribution in [0.3, 0.4) is 0 Å². The van der Waals surface area contributed by atoms with Gasteiger partial charge in [-0.2, -0.15) is 0 Å². The first kappa shape index (κ1) is 31.1. The maximum Gasteiger partial charge on any atom is 0.162 e. The van der Waals surface area contributed by atoms with Gasteiger partial charge in [0.1, 0.15) is 12.2 Å². The summed E-state index contributed by atoms with van der Waals surface area (Å²) in [4.78, 5) is 24.6. The van der Waals surface area contributed by atoms with Crippen LogP contribution in [0.15, 0.2) is 30.3 Å². The largest absolute Gasteiger partial charge is 0.512 e. The molecule has 1 N–H and O–H groups in total. The molecule has 0 bridgehead atoms. The van der Waals surface area contributed by atoms with Crippen molar-refractivity contribution < 1.29 is 30.0 Å². The van der Waals surface area contributed by atoms with Crippen molar-refractivity contribution in [2.24, 2.45) is 11.8 Å². The van der Waals surface area contributed by atoms with Crippen molar-refractivity contribution in [2.75, 3.05) is 0 Å². The van der Waals surface area contributed by atoms with Crippen LogP contribution < -0.4 is 0 Å². The van der Waals surface area contributed by atoms with E-state index in [2.05, 4.69) is 47.9 Å². The molecule has 2 rings (SSSR count). The van der Waals surface area contributed by atoms with Crippen LogP contribution in [0.5, 0.6) is 0 Å². The number of nitrogens with zero attached hydrogens (tertiary/aromatic N) is 3. The fourth-order valence-electron chi connectivity index (χ4n) is 3.51. The fourth-order valence-corrected chi connectivity index (χ4v) is 3.51. The average molecular weight is 631 g/mol. The van der Waals surface area contributed by atoms with Crippen molar-refractivity contribution in [3.05, 3.63) is 53.3 Å². The summed E-state index contributed by atoms with van der Waals surface area (Å²) in [5.41, 5.74) is 3.24. The summed E-state index contributed by atoms with van der Waals surface area (Å²) in [5.74, 6) is 2.38. The minimum Gasteiger partial charge on any atom is -0.512 e. The maximum absolute atomic E-state index is 11.7. The summed E-state index contributed by atoms with van der Waals surface area (Å²) in [6.45, 7) is 16.3. The second-order valence-corrected chi connectivity index (χ2v) is 8.57. The number of benzene rings is 1. The summed E-state index contributed by atoms with van der Waals surface area (Å²) < 4.78 is 0. The molecule has 1 aromatic heterocycles. The molecule has 1 aromatic carbocycles. The topological polar surface area (TPSA) is 76.0 Å². The molecular weight excluding hydrogens is 591 g/mol. The van der Waals surface area contributed by atoms with E-state index in [1.165, 1.54) is 11.6 Å².